The van der Waals surface area contributed by atoms with Crippen molar-refractivity contribution in [3.63, 3.8) is 0 Å². The summed E-state index contributed by atoms with van der Waals surface area (Å²) in [4.78, 5) is 9.59. The van der Waals surface area contributed by atoms with Gasteiger partial charge in [-0.3, -0.25) is 0 Å². The number of rotatable bonds is 3. The van der Waals surface area contributed by atoms with Crippen LogP contribution >= 0.6 is 11.6 Å². The number of aryl methyl sites for hydroxylation is 2. The molecule has 4 rings (SSSR count). The Morgan fingerprint density at radius 2 is 2.12 bits per heavy atom. The molecule has 0 radical (unpaired) electrons. The minimum absolute atomic E-state index is 0.0509. The summed E-state index contributed by atoms with van der Waals surface area (Å²) in [5.74, 6) is 0. The molecule has 0 bridgehead atoms. The zero-order valence-corrected chi connectivity index (χ0v) is 16.0. The fourth-order valence-electron chi connectivity index (χ4n) is 3.57. The highest BCUT2D eigenvalue weighted by atomic mass is 35.5. The average molecular weight is 368 g/mol. The van der Waals surface area contributed by atoms with Crippen LogP contribution in [0.5, 0.6) is 0 Å². The van der Waals surface area contributed by atoms with Crippen LogP contribution in [0.1, 0.15) is 41.9 Å². The standard InChI is InChI=1S/C20H22ClN5/c1-12-10-16(21)4-5-17(12)14(3)26-20-19(13(2)25-26)23-11-18(24-20)15-6-8-22-9-7-15/h4-6,10-11,14,22H,7-9H2,1-3H3. The highest BCUT2D eigenvalue weighted by Gasteiger charge is 2.19. The van der Waals surface area contributed by atoms with Gasteiger partial charge in [0.25, 0.3) is 0 Å². The van der Waals surface area contributed by atoms with Crippen molar-refractivity contribution in [1.82, 2.24) is 25.1 Å². The van der Waals surface area contributed by atoms with E-state index in [1.807, 2.05) is 29.9 Å². The number of aromatic nitrogens is 4. The molecule has 0 fully saturated rings. The molecule has 26 heavy (non-hydrogen) atoms. The third kappa shape index (κ3) is 3.02. The second-order valence-corrected chi connectivity index (χ2v) is 7.25. The van der Waals surface area contributed by atoms with Crippen LogP contribution in [0.2, 0.25) is 5.02 Å². The Morgan fingerprint density at radius 3 is 2.85 bits per heavy atom. The zero-order valence-electron chi connectivity index (χ0n) is 15.3. The lowest BCUT2D eigenvalue weighted by atomic mass is 10.0. The molecule has 3 aromatic rings. The predicted molar refractivity (Wildman–Crippen MR) is 106 cm³/mol. The van der Waals surface area contributed by atoms with E-state index in [1.165, 1.54) is 11.1 Å². The van der Waals surface area contributed by atoms with Crippen molar-refractivity contribution >= 4 is 28.3 Å². The highest BCUT2D eigenvalue weighted by molar-refractivity contribution is 6.30. The van der Waals surface area contributed by atoms with Crippen molar-refractivity contribution in [3.8, 4) is 0 Å². The number of nitrogens with zero attached hydrogens (tertiary/aromatic N) is 4. The number of nitrogens with one attached hydrogen (secondary N) is 1. The zero-order chi connectivity index (χ0) is 18.3. The molecule has 0 saturated carbocycles. The number of fused-ring (bicyclic) bond motifs is 1. The van der Waals surface area contributed by atoms with Gasteiger partial charge in [0.15, 0.2) is 5.65 Å². The molecule has 1 aliphatic heterocycles. The maximum absolute atomic E-state index is 6.12. The molecule has 6 heteroatoms. The van der Waals surface area contributed by atoms with Crippen LogP contribution in [-0.4, -0.2) is 32.8 Å². The Morgan fingerprint density at radius 1 is 1.27 bits per heavy atom. The van der Waals surface area contributed by atoms with Crippen molar-refractivity contribution in [2.45, 2.75) is 33.2 Å². The van der Waals surface area contributed by atoms with Gasteiger partial charge in [-0.2, -0.15) is 5.10 Å². The van der Waals surface area contributed by atoms with Gasteiger partial charge < -0.3 is 5.32 Å². The molecule has 0 amide bonds. The fourth-order valence-corrected chi connectivity index (χ4v) is 3.80. The van der Waals surface area contributed by atoms with E-state index >= 15 is 0 Å². The van der Waals surface area contributed by atoms with Crippen molar-refractivity contribution in [3.05, 3.63) is 58.0 Å². The molecule has 0 spiro atoms. The van der Waals surface area contributed by atoms with Crippen LogP contribution in [-0.2, 0) is 0 Å². The van der Waals surface area contributed by atoms with Crippen molar-refractivity contribution in [2.75, 3.05) is 13.1 Å². The summed E-state index contributed by atoms with van der Waals surface area (Å²) in [5, 5.41) is 8.83. The molecule has 0 aliphatic carbocycles. The largest absolute Gasteiger partial charge is 0.313 e. The second kappa shape index (κ2) is 6.82. The molecule has 1 aromatic carbocycles. The lowest BCUT2D eigenvalue weighted by Crippen LogP contribution is -2.20. The van der Waals surface area contributed by atoms with Gasteiger partial charge in [-0.15, -0.1) is 0 Å². The van der Waals surface area contributed by atoms with E-state index in [-0.39, 0.29) is 6.04 Å². The molecule has 5 nitrogen and oxygen atoms in total. The van der Waals surface area contributed by atoms with Gasteiger partial charge in [0.1, 0.15) is 5.52 Å². The van der Waals surface area contributed by atoms with Gasteiger partial charge in [-0.05, 0) is 62.6 Å². The van der Waals surface area contributed by atoms with E-state index < -0.39 is 0 Å². The van der Waals surface area contributed by atoms with Gasteiger partial charge in [-0.1, -0.05) is 23.7 Å². The Balaban J connectivity index is 1.82. The van der Waals surface area contributed by atoms with Crippen LogP contribution < -0.4 is 5.32 Å². The first kappa shape index (κ1) is 17.2. The molecule has 1 atom stereocenters. The van der Waals surface area contributed by atoms with Crippen LogP contribution in [0.15, 0.2) is 30.5 Å². The van der Waals surface area contributed by atoms with Crippen LogP contribution in [0, 0.1) is 13.8 Å². The molecule has 1 N–H and O–H groups in total. The molecule has 134 valence electrons. The topological polar surface area (TPSA) is 55.6 Å². The van der Waals surface area contributed by atoms with Crippen LogP contribution in [0.3, 0.4) is 0 Å². The van der Waals surface area contributed by atoms with Crippen molar-refractivity contribution in [1.29, 1.82) is 0 Å². The molecule has 1 unspecified atom stereocenters. The summed E-state index contributed by atoms with van der Waals surface area (Å²) in [6, 6.07) is 6.03. The molecule has 3 heterocycles. The summed E-state index contributed by atoms with van der Waals surface area (Å²) in [5.41, 5.74) is 7.13. The number of hydrogen-bond acceptors (Lipinski definition) is 4. The summed E-state index contributed by atoms with van der Waals surface area (Å²) < 4.78 is 1.99. The lowest BCUT2D eigenvalue weighted by molar-refractivity contribution is 0.572. The minimum Gasteiger partial charge on any atom is -0.313 e. The predicted octanol–water partition coefficient (Wildman–Crippen LogP) is 4.08. The van der Waals surface area contributed by atoms with E-state index in [2.05, 4.69) is 36.3 Å². The van der Waals surface area contributed by atoms with Gasteiger partial charge in [-0.25, -0.2) is 14.6 Å². The average Bonchev–Trinajstić information content (AvgIpc) is 2.98. The third-order valence-electron chi connectivity index (χ3n) is 5.01. The summed E-state index contributed by atoms with van der Waals surface area (Å²) in [6.07, 6.45) is 5.04. The van der Waals surface area contributed by atoms with Gasteiger partial charge in [0, 0.05) is 11.6 Å². The van der Waals surface area contributed by atoms with E-state index in [0.29, 0.717) is 0 Å². The Labute approximate surface area is 158 Å². The molecule has 2 aromatic heterocycles. The molecular formula is C20H22ClN5. The quantitative estimate of drug-likeness (QED) is 0.757. The second-order valence-electron chi connectivity index (χ2n) is 6.82. The van der Waals surface area contributed by atoms with Gasteiger partial charge in [0.05, 0.1) is 23.6 Å². The fraction of sp³-hybridized carbons (Fsp3) is 0.350. The van der Waals surface area contributed by atoms with Gasteiger partial charge in [0.2, 0.25) is 0 Å². The van der Waals surface area contributed by atoms with Crippen molar-refractivity contribution < 1.29 is 0 Å². The first-order chi connectivity index (χ1) is 12.5. The Bertz CT molecular complexity index is 1000. The number of halogens is 1. The minimum atomic E-state index is 0.0509. The number of benzene rings is 1. The van der Waals surface area contributed by atoms with E-state index in [0.717, 1.165) is 52.6 Å². The summed E-state index contributed by atoms with van der Waals surface area (Å²) >= 11 is 6.12. The van der Waals surface area contributed by atoms with E-state index in [9.17, 15) is 0 Å². The first-order valence-electron chi connectivity index (χ1n) is 8.92. The molecule has 0 saturated heterocycles. The maximum Gasteiger partial charge on any atom is 0.178 e. The third-order valence-corrected chi connectivity index (χ3v) is 5.25. The Kier molecular flexibility index (Phi) is 4.51. The smallest absolute Gasteiger partial charge is 0.178 e. The van der Waals surface area contributed by atoms with Crippen LogP contribution in [0.25, 0.3) is 16.7 Å². The molecular weight excluding hydrogens is 346 g/mol. The highest BCUT2D eigenvalue weighted by Crippen LogP contribution is 2.28. The van der Waals surface area contributed by atoms with E-state index in [4.69, 9.17) is 21.7 Å². The van der Waals surface area contributed by atoms with Crippen molar-refractivity contribution in [2.24, 2.45) is 0 Å². The first-order valence-corrected chi connectivity index (χ1v) is 9.30. The molecule has 1 aliphatic rings. The normalized spacial score (nSPS) is 15.9. The summed E-state index contributed by atoms with van der Waals surface area (Å²) in [7, 11) is 0. The van der Waals surface area contributed by atoms with Crippen LogP contribution in [0.4, 0.5) is 0 Å². The maximum atomic E-state index is 6.12. The monoisotopic (exact) mass is 367 g/mol. The number of hydrogen-bond donors (Lipinski definition) is 1. The Hall–Kier alpha value is -2.24. The van der Waals surface area contributed by atoms with Gasteiger partial charge >= 0.3 is 0 Å². The lowest BCUT2D eigenvalue weighted by Gasteiger charge is -2.17. The summed E-state index contributed by atoms with van der Waals surface area (Å²) in [6.45, 7) is 8.06. The SMILES string of the molecule is Cc1cc(Cl)ccc1C(C)n1nc(C)c2ncc(C3=CCNCC3)nc21. The van der Waals surface area contributed by atoms with E-state index in [1.54, 1.807) is 0 Å².